The van der Waals surface area contributed by atoms with Crippen molar-refractivity contribution in [2.24, 2.45) is 0 Å². The number of benzene rings is 1. The molecule has 0 atom stereocenters. The van der Waals surface area contributed by atoms with Crippen molar-refractivity contribution in [1.29, 1.82) is 0 Å². The predicted octanol–water partition coefficient (Wildman–Crippen LogP) is 1.55. The topological polar surface area (TPSA) is 48.2 Å². The molecule has 0 aliphatic carbocycles. The Hall–Kier alpha value is -1.58. The maximum atomic E-state index is 5.52. The van der Waals surface area contributed by atoms with Gasteiger partial charge in [0, 0.05) is 5.27 Å². The summed E-state index contributed by atoms with van der Waals surface area (Å²) in [7, 11) is 0. The van der Waals surface area contributed by atoms with Crippen LogP contribution in [0.15, 0.2) is 16.7 Å². The van der Waals surface area contributed by atoms with Crippen molar-refractivity contribution < 1.29 is 9.26 Å². The molecule has 1 aliphatic rings. The third kappa shape index (κ3) is 0.915. The second-order valence-corrected chi connectivity index (χ2v) is 3.13. The zero-order valence-corrected chi connectivity index (χ0v) is 6.99. The fourth-order valence-electron chi connectivity index (χ4n) is 1.66. The van der Waals surface area contributed by atoms with Crippen molar-refractivity contribution in [2.45, 2.75) is 12.8 Å². The molecule has 0 saturated carbocycles. The Morgan fingerprint density at radius 3 is 3.31 bits per heavy atom. The Labute approximate surface area is 74.5 Å². The minimum atomic E-state index is 0.678. The van der Waals surface area contributed by atoms with Gasteiger partial charge in [0.2, 0.25) is 5.58 Å². The number of hydrogen-bond acceptors (Lipinski definition) is 4. The Kier molecular flexibility index (Phi) is 1.30. The monoisotopic (exact) mass is 176 g/mol. The van der Waals surface area contributed by atoms with Crippen molar-refractivity contribution >= 4 is 11.1 Å². The van der Waals surface area contributed by atoms with Gasteiger partial charge in [0.1, 0.15) is 5.52 Å². The first kappa shape index (κ1) is 6.88. The summed E-state index contributed by atoms with van der Waals surface area (Å²) >= 11 is 0. The van der Waals surface area contributed by atoms with E-state index in [4.69, 9.17) is 9.26 Å². The largest absolute Gasteiger partial charge is 0.489 e. The molecule has 3 rings (SSSR count). The third-order valence-corrected chi connectivity index (χ3v) is 2.29. The van der Waals surface area contributed by atoms with Gasteiger partial charge in [-0.3, -0.25) is 0 Å². The lowest BCUT2D eigenvalue weighted by Gasteiger charge is -2.15. The van der Waals surface area contributed by atoms with Gasteiger partial charge in [0.15, 0.2) is 5.75 Å². The smallest absolute Gasteiger partial charge is 0.229 e. The van der Waals surface area contributed by atoms with Gasteiger partial charge in [-0.05, 0) is 24.5 Å². The molecule has 0 spiro atoms. The molecular formula is C9H8N2O2. The Bertz CT molecular complexity index is 450. The number of hydrogen-bond donors (Lipinski definition) is 0. The summed E-state index contributed by atoms with van der Waals surface area (Å²) in [6.07, 6.45) is 2.12. The lowest BCUT2D eigenvalue weighted by Crippen LogP contribution is -2.08. The van der Waals surface area contributed by atoms with Crippen molar-refractivity contribution in [2.75, 3.05) is 6.61 Å². The minimum absolute atomic E-state index is 0.678. The molecule has 0 amide bonds. The SMILES string of the molecule is c1cc2nnoc2c2c1CCCO2. The van der Waals surface area contributed by atoms with E-state index in [-0.39, 0.29) is 0 Å². The van der Waals surface area contributed by atoms with E-state index in [0.29, 0.717) is 5.58 Å². The average molecular weight is 176 g/mol. The number of ether oxygens (including phenoxy) is 1. The van der Waals surface area contributed by atoms with Crippen molar-refractivity contribution in [1.82, 2.24) is 10.4 Å². The Morgan fingerprint density at radius 1 is 1.31 bits per heavy atom. The van der Waals surface area contributed by atoms with Crippen LogP contribution in [-0.4, -0.2) is 17.0 Å². The van der Waals surface area contributed by atoms with Gasteiger partial charge in [0.25, 0.3) is 0 Å². The molecule has 13 heavy (non-hydrogen) atoms. The van der Waals surface area contributed by atoms with E-state index < -0.39 is 0 Å². The maximum Gasteiger partial charge on any atom is 0.229 e. The number of aromatic nitrogens is 2. The van der Waals surface area contributed by atoms with Gasteiger partial charge >= 0.3 is 0 Å². The number of rotatable bonds is 0. The first-order valence-corrected chi connectivity index (χ1v) is 4.32. The molecule has 0 fully saturated rings. The molecule has 0 bridgehead atoms. The summed E-state index contributed by atoms with van der Waals surface area (Å²) in [6.45, 7) is 0.757. The molecule has 1 aliphatic heterocycles. The molecule has 0 unspecified atom stereocenters. The van der Waals surface area contributed by atoms with Gasteiger partial charge < -0.3 is 9.26 Å². The Balaban J connectivity index is 2.34. The van der Waals surface area contributed by atoms with Crippen LogP contribution in [0.25, 0.3) is 11.1 Å². The highest BCUT2D eigenvalue weighted by Crippen LogP contribution is 2.31. The van der Waals surface area contributed by atoms with Crippen molar-refractivity contribution in [3.63, 3.8) is 0 Å². The van der Waals surface area contributed by atoms with Crippen LogP contribution in [0.1, 0.15) is 12.0 Å². The van der Waals surface area contributed by atoms with Crippen LogP contribution in [0, 0.1) is 0 Å². The highest BCUT2D eigenvalue weighted by Gasteiger charge is 2.16. The number of nitrogens with zero attached hydrogens (tertiary/aromatic N) is 2. The number of fused-ring (bicyclic) bond motifs is 3. The molecule has 0 N–H and O–H groups in total. The fourth-order valence-corrected chi connectivity index (χ4v) is 1.66. The van der Waals surface area contributed by atoms with Gasteiger partial charge in [0.05, 0.1) is 6.61 Å². The summed E-state index contributed by atoms with van der Waals surface area (Å²) in [6, 6.07) is 3.94. The van der Waals surface area contributed by atoms with Crippen LogP contribution in [-0.2, 0) is 6.42 Å². The van der Waals surface area contributed by atoms with Gasteiger partial charge in [-0.25, -0.2) is 0 Å². The van der Waals surface area contributed by atoms with Crippen LogP contribution >= 0.6 is 0 Å². The molecule has 2 aromatic rings. The van der Waals surface area contributed by atoms with Crippen LogP contribution in [0.3, 0.4) is 0 Å². The van der Waals surface area contributed by atoms with E-state index in [0.717, 1.165) is 30.7 Å². The lowest BCUT2D eigenvalue weighted by molar-refractivity contribution is 0.284. The summed E-state index contributed by atoms with van der Waals surface area (Å²) in [5.74, 6) is 0.828. The van der Waals surface area contributed by atoms with Gasteiger partial charge in [-0.1, -0.05) is 6.07 Å². The normalized spacial score (nSPS) is 15.4. The van der Waals surface area contributed by atoms with Gasteiger partial charge in [-0.15, -0.1) is 5.10 Å². The van der Waals surface area contributed by atoms with Crippen LogP contribution in [0.4, 0.5) is 0 Å². The fraction of sp³-hybridized carbons (Fsp3) is 0.333. The van der Waals surface area contributed by atoms with E-state index in [9.17, 15) is 0 Å². The van der Waals surface area contributed by atoms with Crippen LogP contribution < -0.4 is 4.74 Å². The average Bonchev–Trinajstić information content (AvgIpc) is 2.65. The van der Waals surface area contributed by atoms with E-state index >= 15 is 0 Å². The molecular weight excluding hydrogens is 168 g/mol. The van der Waals surface area contributed by atoms with Crippen LogP contribution in [0.2, 0.25) is 0 Å². The summed E-state index contributed by atoms with van der Waals surface area (Å²) < 4.78 is 10.6. The molecule has 1 aromatic heterocycles. The number of aryl methyl sites for hydroxylation is 1. The second kappa shape index (κ2) is 2.45. The third-order valence-electron chi connectivity index (χ3n) is 2.29. The lowest BCUT2D eigenvalue weighted by atomic mass is 10.1. The first-order valence-electron chi connectivity index (χ1n) is 4.32. The molecule has 66 valence electrons. The quantitative estimate of drug-likeness (QED) is 0.611. The zero-order chi connectivity index (χ0) is 8.67. The maximum absolute atomic E-state index is 5.52. The highest BCUT2D eigenvalue weighted by atomic mass is 16.5. The molecule has 1 aromatic carbocycles. The zero-order valence-electron chi connectivity index (χ0n) is 6.99. The van der Waals surface area contributed by atoms with E-state index in [1.165, 1.54) is 5.56 Å². The van der Waals surface area contributed by atoms with Gasteiger partial charge in [-0.2, -0.15) is 0 Å². The predicted molar refractivity (Wildman–Crippen MR) is 45.6 cm³/mol. The molecule has 4 nitrogen and oxygen atoms in total. The van der Waals surface area contributed by atoms with Crippen molar-refractivity contribution in [3.8, 4) is 5.75 Å². The molecule has 0 saturated heterocycles. The van der Waals surface area contributed by atoms with Crippen LogP contribution in [0.5, 0.6) is 5.75 Å². The highest BCUT2D eigenvalue weighted by molar-refractivity contribution is 5.80. The van der Waals surface area contributed by atoms with E-state index in [2.05, 4.69) is 10.4 Å². The summed E-state index contributed by atoms with van der Waals surface area (Å²) in [5.41, 5.74) is 2.63. The van der Waals surface area contributed by atoms with E-state index in [1.54, 1.807) is 0 Å². The summed E-state index contributed by atoms with van der Waals surface area (Å²) in [5, 5.41) is 7.33. The van der Waals surface area contributed by atoms with Crippen molar-refractivity contribution in [3.05, 3.63) is 17.7 Å². The molecule has 0 radical (unpaired) electrons. The minimum Gasteiger partial charge on any atom is -0.489 e. The Morgan fingerprint density at radius 2 is 2.31 bits per heavy atom. The molecule has 2 heterocycles. The summed E-state index contributed by atoms with van der Waals surface area (Å²) in [4.78, 5) is 0. The van der Waals surface area contributed by atoms with E-state index in [1.807, 2.05) is 12.1 Å². The standard InChI is InChI=1S/C9H8N2O2/c1-2-6-3-4-7-9(13-11-10-7)8(6)12-5-1/h3-4H,1-2,5H2. The second-order valence-electron chi connectivity index (χ2n) is 3.13. The molecule has 4 heteroatoms. The first-order chi connectivity index (χ1) is 6.45.